The molecule has 0 spiro atoms. The van der Waals surface area contributed by atoms with Crippen LogP contribution in [0.15, 0.2) is 0 Å². The van der Waals surface area contributed by atoms with Gasteiger partial charge in [-0.2, -0.15) is 5.26 Å². The van der Waals surface area contributed by atoms with E-state index in [1.807, 2.05) is 0 Å². The summed E-state index contributed by atoms with van der Waals surface area (Å²) in [6.45, 7) is 0.0457. The van der Waals surface area contributed by atoms with Crippen molar-refractivity contribution in [2.24, 2.45) is 0 Å². The smallest absolute Gasteiger partial charge is 0.257 e. The molecule has 4 heteroatoms. The van der Waals surface area contributed by atoms with Gasteiger partial charge in [-0.3, -0.25) is 0 Å². The van der Waals surface area contributed by atoms with Crippen LogP contribution in [0.2, 0.25) is 0 Å². The van der Waals surface area contributed by atoms with Crippen LogP contribution in [0.25, 0.3) is 0 Å². The molecule has 0 radical (unpaired) electrons. The maximum absolute atomic E-state index is 9.10. The molecule has 0 aromatic carbocycles. The van der Waals surface area contributed by atoms with Gasteiger partial charge >= 0.3 is 0 Å². The standard InChI is InChI=1S/C6H9NO3/c7-4-6(9)2-1-5(8)3-10-6/h5,8-9H,1-3H2. The summed E-state index contributed by atoms with van der Waals surface area (Å²) in [6, 6.07) is 1.62. The molecular weight excluding hydrogens is 134 g/mol. The van der Waals surface area contributed by atoms with Crippen molar-refractivity contribution in [3.8, 4) is 6.07 Å². The molecule has 0 bridgehead atoms. The number of aliphatic hydroxyl groups is 2. The Bertz CT molecular complexity index is 155. The molecule has 1 rings (SSSR count). The lowest BCUT2D eigenvalue weighted by Gasteiger charge is -2.28. The largest absolute Gasteiger partial charge is 0.391 e. The van der Waals surface area contributed by atoms with E-state index in [2.05, 4.69) is 4.74 Å². The zero-order valence-electron chi connectivity index (χ0n) is 5.45. The molecule has 0 amide bonds. The summed E-state index contributed by atoms with van der Waals surface area (Å²) in [5.74, 6) is -1.65. The van der Waals surface area contributed by atoms with E-state index in [-0.39, 0.29) is 13.0 Å². The van der Waals surface area contributed by atoms with Gasteiger partial charge in [-0.05, 0) is 6.42 Å². The Labute approximate surface area is 58.7 Å². The van der Waals surface area contributed by atoms with E-state index >= 15 is 0 Å². The van der Waals surface area contributed by atoms with Gasteiger partial charge in [-0.15, -0.1) is 0 Å². The van der Waals surface area contributed by atoms with E-state index in [1.54, 1.807) is 6.07 Å². The maximum Gasteiger partial charge on any atom is 0.257 e. The molecule has 1 aliphatic rings. The first-order valence-corrected chi connectivity index (χ1v) is 3.12. The molecule has 0 aromatic heterocycles. The van der Waals surface area contributed by atoms with Gasteiger partial charge < -0.3 is 14.9 Å². The third-order valence-electron chi connectivity index (χ3n) is 1.51. The Morgan fingerprint density at radius 2 is 2.40 bits per heavy atom. The third-order valence-corrected chi connectivity index (χ3v) is 1.51. The number of nitriles is 1. The first-order chi connectivity index (χ1) is 4.66. The number of hydrogen-bond donors (Lipinski definition) is 2. The zero-order valence-corrected chi connectivity index (χ0v) is 5.45. The fourth-order valence-corrected chi connectivity index (χ4v) is 0.840. The molecule has 2 N–H and O–H groups in total. The molecule has 1 heterocycles. The number of rotatable bonds is 0. The zero-order chi connectivity index (χ0) is 7.61. The molecular formula is C6H9NO3. The lowest BCUT2D eigenvalue weighted by Crippen LogP contribution is -2.39. The van der Waals surface area contributed by atoms with Gasteiger partial charge in [0.15, 0.2) is 0 Å². The highest BCUT2D eigenvalue weighted by atomic mass is 16.6. The van der Waals surface area contributed by atoms with Crippen LogP contribution in [0.1, 0.15) is 12.8 Å². The van der Waals surface area contributed by atoms with Crippen molar-refractivity contribution in [1.82, 2.24) is 0 Å². The highest BCUT2D eigenvalue weighted by molar-refractivity contribution is 4.94. The van der Waals surface area contributed by atoms with Gasteiger partial charge in [0, 0.05) is 6.42 Å². The van der Waals surface area contributed by atoms with E-state index in [9.17, 15) is 0 Å². The fourth-order valence-electron chi connectivity index (χ4n) is 0.840. The van der Waals surface area contributed by atoms with Crippen molar-refractivity contribution >= 4 is 0 Å². The summed E-state index contributed by atoms with van der Waals surface area (Å²) < 4.78 is 4.67. The average molecular weight is 143 g/mol. The van der Waals surface area contributed by atoms with Gasteiger partial charge in [0.25, 0.3) is 5.79 Å². The highest BCUT2D eigenvalue weighted by Crippen LogP contribution is 2.20. The summed E-state index contributed by atoms with van der Waals surface area (Å²) in [6.07, 6.45) is 0.0722. The summed E-state index contributed by atoms with van der Waals surface area (Å²) in [5.41, 5.74) is 0. The quantitative estimate of drug-likeness (QED) is 0.443. The summed E-state index contributed by atoms with van der Waals surface area (Å²) >= 11 is 0. The predicted octanol–water partition coefficient (Wildman–Crippen LogP) is -0.630. The Morgan fingerprint density at radius 3 is 2.80 bits per heavy atom. The Morgan fingerprint density at radius 1 is 1.70 bits per heavy atom. The van der Waals surface area contributed by atoms with Crippen LogP contribution in [0, 0.1) is 11.3 Å². The third kappa shape index (κ3) is 1.45. The van der Waals surface area contributed by atoms with Crippen LogP contribution in [0.3, 0.4) is 0 Å². The van der Waals surface area contributed by atoms with Crippen molar-refractivity contribution in [1.29, 1.82) is 5.26 Å². The molecule has 1 saturated heterocycles. The molecule has 2 atom stereocenters. The first kappa shape index (κ1) is 7.48. The normalized spacial score (nSPS) is 40.7. The minimum atomic E-state index is -1.65. The summed E-state index contributed by atoms with van der Waals surface area (Å²) in [7, 11) is 0. The molecule has 1 aliphatic heterocycles. The SMILES string of the molecule is N#CC1(O)CCC(O)CO1. The van der Waals surface area contributed by atoms with Crippen LogP contribution in [0.5, 0.6) is 0 Å². The fraction of sp³-hybridized carbons (Fsp3) is 0.833. The van der Waals surface area contributed by atoms with Crippen molar-refractivity contribution in [2.45, 2.75) is 24.7 Å². The molecule has 10 heavy (non-hydrogen) atoms. The molecule has 1 fully saturated rings. The topological polar surface area (TPSA) is 73.5 Å². The minimum Gasteiger partial charge on any atom is -0.391 e. The van der Waals surface area contributed by atoms with Gasteiger partial charge in [0.05, 0.1) is 12.7 Å². The van der Waals surface area contributed by atoms with Crippen LogP contribution in [-0.4, -0.2) is 28.7 Å². The number of hydrogen-bond acceptors (Lipinski definition) is 4. The van der Waals surface area contributed by atoms with E-state index in [0.29, 0.717) is 6.42 Å². The summed E-state index contributed by atoms with van der Waals surface area (Å²) in [4.78, 5) is 0. The van der Waals surface area contributed by atoms with Crippen molar-refractivity contribution < 1.29 is 14.9 Å². The van der Waals surface area contributed by atoms with Crippen molar-refractivity contribution in [3.63, 3.8) is 0 Å². The molecule has 0 aromatic rings. The van der Waals surface area contributed by atoms with Crippen LogP contribution < -0.4 is 0 Å². The summed E-state index contributed by atoms with van der Waals surface area (Å²) in [5, 5.41) is 26.3. The van der Waals surface area contributed by atoms with E-state index in [0.717, 1.165) is 0 Å². The maximum atomic E-state index is 9.10. The van der Waals surface area contributed by atoms with Gasteiger partial charge in [-0.1, -0.05) is 0 Å². The van der Waals surface area contributed by atoms with Crippen LogP contribution in [0.4, 0.5) is 0 Å². The van der Waals surface area contributed by atoms with Gasteiger partial charge in [0.1, 0.15) is 6.07 Å². The number of aliphatic hydroxyl groups excluding tert-OH is 1. The Hall–Kier alpha value is -0.630. The molecule has 0 aliphatic carbocycles. The second kappa shape index (κ2) is 2.54. The van der Waals surface area contributed by atoms with Crippen LogP contribution in [-0.2, 0) is 4.74 Å². The Kier molecular flexibility index (Phi) is 1.90. The number of ether oxygens (including phenoxy) is 1. The minimum absolute atomic E-state index is 0.0457. The lowest BCUT2D eigenvalue weighted by atomic mass is 10.1. The van der Waals surface area contributed by atoms with E-state index < -0.39 is 11.9 Å². The second-order valence-corrected chi connectivity index (χ2v) is 2.40. The van der Waals surface area contributed by atoms with Gasteiger partial charge in [-0.25, -0.2) is 0 Å². The van der Waals surface area contributed by atoms with E-state index in [4.69, 9.17) is 15.5 Å². The monoisotopic (exact) mass is 143 g/mol. The number of nitrogens with zero attached hydrogens (tertiary/aromatic N) is 1. The molecule has 56 valence electrons. The van der Waals surface area contributed by atoms with Crippen molar-refractivity contribution in [2.75, 3.05) is 6.61 Å². The lowest BCUT2D eigenvalue weighted by molar-refractivity contribution is -0.207. The predicted molar refractivity (Wildman–Crippen MR) is 31.8 cm³/mol. The van der Waals surface area contributed by atoms with Gasteiger partial charge in [0.2, 0.25) is 0 Å². The van der Waals surface area contributed by atoms with E-state index in [1.165, 1.54) is 0 Å². The molecule has 2 unspecified atom stereocenters. The van der Waals surface area contributed by atoms with Crippen LogP contribution >= 0.6 is 0 Å². The second-order valence-electron chi connectivity index (χ2n) is 2.40. The Balaban J connectivity index is 2.48. The molecule has 4 nitrogen and oxygen atoms in total. The molecule has 0 saturated carbocycles. The van der Waals surface area contributed by atoms with Crippen molar-refractivity contribution in [3.05, 3.63) is 0 Å². The average Bonchev–Trinajstić information content (AvgIpc) is 1.96. The highest BCUT2D eigenvalue weighted by Gasteiger charge is 2.33. The first-order valence-electron chi connectivity index (χ1n) is 3.12.